The van der Waals surface area contributed by atoms with Crippen molar-refractivity contribution in [1.82, 2.24) is 14.4 Å². The Hall–Kier alpha value is -2.41. The number of fused-ring (bicyclic) bond motifs is 2. The van der Waals surface area contributed by atoms with Crippen molar-refractivity contribution in [2.45, 2.75) is 38.9 Å². The van der Waals surface area contributed by atoms with Crippen molar-refractivity contribution < 1.29 is 9.15 Å². The molecule has 1 aliphatic carbocycles. The molecule has 3 heterocycles. The molecule has 2 aromatic heterocycles. The third-order valence-electron chi connectivity index (χ3n) is 6.57. The van der Waals surface area contributed by atoms with Crippen molar-refractivity contribution in [3.8, 4) is 0 Å². The van der Waals surface area contributed by atoms with E-state index in [2.05, 4.69) is 28.0 Å². The summed E-state index contributed by atoms with van der Waals surface area (Å²) in [5, 5.41) is 1.18. The highest BCUT2D eigenvalue weighted by molar-refractivity contribution is 5.82. The molecule has 1 aromatic carbocycles. The number of hydrogen-bond donors (Lipinski definition) is 0. The minimum Gasteiger partial charge on any atom is -0.468 e. The molecule has 0 atom stereocenters. The predicted octanol–water partition coefficient (Wildman–Crippen LogP) is 3.05. The molecule has 0 radical (unpaired) electrons. The molecule has 3 aromatic rings. The molecule has 1 aliphatic heterocycles. The maximum absolute atomic E-state index is 13.6. The molecule has 31 heavy (non-hydrogen) atoms. The van der Waals surface area contributed by atoms with Gasteiger partial charge >= 0.3 is 0 Å². The summed E-state index contributed by atoms with van der Waals surface area (Å²) in [6, 6.07) is 10.6. The van der Waals surface area contributed by atoms with Crippen molar-refractivity contribution >= 4 is 10.9 Å². The van der Waals surface area contributed by atoms with Gasteiger partial charge in [-0.3, -0.25) is 14.6 Å². The highest BCUT2D eigenvalue weighted by Crippen LogP contribution is 2.27. The summed E-state index contributed by atoms with van der Waals surface area (Å²) >= 11 is 0. The van der Waals surface area contributed by atoms with Gasteiger partial charge in [-0.05, 0) is 73.2 Å². The highest BCUT2D eigenvalue weighted by atomic mass is 16.5. The molecule has 164 valence electrons. The fourth-order valence-electron chi connectivity index (χ4n) is 4.93. The van der Waals surface area contributed by atoms with Gasteiger partial charge in [0.25, 0.3) is 5.56 Å². The van der Waals surface area contributed by atoms with E-state index in [1.54, 1.807) is 6.26 Å². The van der Waals surface area contributed by atoms with Crippen LogP contribution in [0.25, 0.3) is 10.9 Å². The molecule has 6 nitrogen and oxygen atoms in total. The van der Waals surface area contributed by atoms with Crippen LogP contribution in [0.1, 0.15) is 28.9 Å². The summed E-state index contributed by atoms with van der Waals surface area (Å²) in [6.45, 7) is 6.31. The summed E-state index contributed by atoms with van der Waals surface area (Å²) in [5.41, 5.74) is 4.92. The van der Waals surface area contributed by atoms with Crippen LogP contribution in [0.5, 0.6) is 0 Å². The summed E-state index contributed by atoms with van der Waals surface area (Å²) in [6.07, 6.45) is 5.17. The first-order chi connectivity index (χ1) is 15.2. The Morgan fingerprint density at radius 2 is 1.84 bits per heavy atom. The van der Waals surface area contributed by atoms with Gasteiger partial charge in [0.1, 0.15) is 5.76 Å². The first-order valence-electron chi connectivity index (χ1n) is 11.4. The van der Waals surface area contributed by atoms with E-state index in [1.807, 2.05) is 23.7 Å². The Balaban J connectivity index is 1.47. The summed E-state index contributed by atoms with van der Waals surface area (Å²) in [7, 11) is 2.03. The lowest BCUT2D eigenvalue weighted by Gasteiger charge is -2.27. The third kappa shape index (κ3) is 4.47. The minimum atomic E-state index is 0.130. The monoisotopic (exact) mass is 421 g/mol. The normalized spacial score (nSPS) is 17.0. The van der Waals surface area contributed by atoms with Gasteiger partial charge in [-0.25, -0.2) is 0 Å². The SMILES string of the molecule is CN(Cc1ccco1)Cc1cc2cc3c(cc2n(CCN2CCOCC2)c1=O)CCC3. The molecule has 0 N–H and O–H groups in total. The molecule has 2 aliphatic rings. The number of pyridine rings is 1. The average Bonchev–Trinajstić information content (AvgIpc) is 3.45. The fraction of sp³-hybridized carbons (Fsp3) is 0.480. The second-order valence-electron chi connectivity index (χ2n) is 8.87. The molecule has 6 heteroatoms. The van der Waals surface area contributed by atoms with Gasteiger partial charge in [0.2, 0.25) is 0 Å². The zero-order valence-electron chi connectivity index (χ0n) is 18.3. The van der Waals surface area contributed by atoms with Crippen molar-refractivity contribution in [3.63, 3.8) is 0 Å². The number of nitrogens with zero attached hydrogens (tertiary/aromatic N) is 3. The lowest BCUT2D eigenvalue weighted by molar-refractivity contribution is 0.0364. The molecular weight excluding hydrogens is 390 g/mol. The smallest absolute Gasteiger partial charge is 0.255 e. The molecule has 0 amide bonds. The quantitative estimate of drug-likeness (QED) is 0.587. The van der Waals surface area contributed by atoms with Crippen molar-refractivity contribution in [2.75, 3.05) is 39.9 Å². The van der Waals surface area contributed by atoms with Gasteiger partial charge in [0, 0.05) is 38.3 Å². The molecule has 1 fully saturated rings. The number of benzene rings is 1. The minimum absolute atomic E-state index is 0.130. The Labute approximate surface area is 183 Å². The first-order valence-corrected chi connectivity index (χ1v) is 11.4. The van der Waals surface area contributed by atoms with Crippen molar-refractivity contribution in [3.05, 3.63) is 69.4 Å². The second-order valence-corrected chi connectivity index (χ2v) is 8.87. The Bertz CT molecular complexity index is 1100. The number of rotatable bonds is 7. The molecule has 0 unspecified atom stereocenters. The van der Waals surface area contributed by atoms with E-state index in [-0.39, 0.29) is 5.56 Å². The largest absolute Gasteiger partial charge is 0.468 e. The van der Waals surface area contributed by atoms with Crippen LogP contribution in [0.3, 0.4) is 0 Å². The van der Waals surface area contributed by atoms with Crippen molar-refractivity contribution in [2.24, 2.45) is 0 Å². The van der Waals surface area contributed by atoms with Gasteiger partial charge in [-0.2, -0.15) is 0 Å². The Morgan fingerprint density at radius 1 is 1.03 bits per heavy atom. The van der Waals surface area contributed by atoms with E-state index >= 15 is 0 Å². The van der Waals surface area contributed by atoms with Crippen LogP contribution in [0.15, 0.2) is 45.8 Å². The van der Waals surface area contributed by atoms with Gasteiger partial charge in [0.05, 0.1) is 31.5 Å². The van der Waals surface area contributed by atoms with Gasteiger partial charge < -0.3 is 13.7 Å². The van der Waals surface area contributed by atoms with Gasteiger partial charge in [0.15, 0.2) is 0 Å². The highest BCUT2D eigenvalue weighted by Gasteiger charge is 2.18. The van der Waals surface area contributed by atoms with Crippen LogP contribution >= 0.6 is 0 Å². The summed E-state index contributed by atoms with van der Waals surface area (Å²) in [4.78, 5) is 18.1. The number of furan rings is 1. The maximum atomic E-state index is 13.6. The van der Waals surface area contributed by atoms with E-state index in [1.165, 1.54) is 22.9 Å². The number of ether oxygens (including phenoxy) is 1. The van der Waals surface area contributed by atoms with Crippen LogP contribution in [-0.4, -0.2) is 54.3 Å². The summed E-state index contributed by atoms with van der Waals surface area (Å²) in [5.74, 6) is 0.911. The van der Waals surface area contributed by atoms with Crippen LogP contribution in [-0.2, 0) is 37.2 Å². The van der Waals surface area contributed by atoms with Crippen LogP contribution in [0.2, 0.25) is 0 Å². The first kappa shape index (κ1) is 20.5. The Kier molecular flexibility index (Phi) is 5.94. The zero-order chi connectivity index (χ0) is 21.2. The van der Waals surface area contributed by atoms with Crippen molar-refractivity contribution in [1.29, 1.82) is 0 Å². The lowest BCUT2D eigenvalue weighted by Crippen LogP contribution is -2.39. The molecule has 0 bridgehead atoms. The average molecular weight is 422 g/mol. The molecule has 5 rings (SSSR count). The standard InChI is InChI=1S/C25H31N3O3/c1-26(18-23-6-3-11-31-23)17-22-15-21-14-19-4-2-5-20(19)16-24(21)28(25(22)29)8-7-27-9-12-30-13-10-27/h3,6,11,14-16H,2,4-5,7-10,12-13,17-18H2,1H3. The van der Waals surface area contributed by atoms with E-state index in [0.29, 0.717) is 19.6 Å². The van der Waals surface area contributed by atoms with E-state index in [4.69, 9.17) is 9.15 Å². The zero-order valence-corrected chi connectivity index (χ0v) is 18.3. The predicted molar refractivity (Wildman–Crippen MR) is 121 cm³/mol. The molecule has 1 saturated heterocycles. The summed E-state index contributed by atoms with van der Waals surface area (Å²) < 4.78 is 13.0. The number of hydrogen-bond acceptors (Lipinski definition) is 5. The van der Waals surface area contributed by atoms with Crippen LogP contribution in [0, 0.1) is 0 Å². The van der Waals surface area contributed by atoms with Gasteiger partial charge in [-0.1, -0.05) is 0 Å². The van der Waals surface area contributed by atoms with Crippen LogP contribution in [0.4, 0.5) is 0 Å². The lowest BCUT2D eigenvalue weighted by atomic mass is 10.0. The van der Waals surface area contributed by atoms with Crippen LogP contribution < -0.4 is 5.56 Å². The van der Waals surface area contributed by atoms with Gasteiger partial charge in [-0.15, -0.1) is 0 Å². The molecule has 0 spiro atoms. The maximum Gasteiger partial charge on any atom is 0.255 e. The molecular formula is C25H31N3O3. The fourth-order valence-corrected chi connectivity index (χ4v) is 4.93. The number of aromatic nitrogens is 1. The Morgan fingerprint density at radius 3 is 2.61 bits per heavy atom. The van der Waals surface area contributed by atoms with E-state index in [9.17, 15) is 4.79 Å². The molecule has 0 saturated carbocycles. The van der Waals surface area contributed by atoms with E-state index in [0.717, 1.165) is 62.5 Å². The topological polar surface area (TPSA) is 50.9 Å². The van der Waals surface area contributed by atoms with E-state index < -0.39 is 0 Å². The number of morpholine rings is 1. The second kappa shape index (κ2) is 8.99. The third-order valence-corrected chi connectivity index (χ3v) is 6.57. The number of aryl methyl sites for hydroxylation is 2.